The van der Waals surface area contributed by atoms with Crippen LogP contribution < -0.4 is 0 Å². The zero-order valence-corrected chi connectivity index (χ0v) is 26.5. The minimum atomic E-state index is -0.653. The highest BCUT2D eigenvalue weighted by Gasteiger charge is 2.18. The van der Waals surface area contributed by atoms with Gasteiger partial charge in [0, 0.05) is 36.9 Å². The fourth-order valence-corrected chi connectivity index (χ4v) is 6.97. The monoisotopic (exact) mass is 654 g/mol. The molecule has 0 N–H and O–H groups in total. The molecule has 7 aromatic carbocycles. The largest absolute Gasteiger partial charge is 0.208 e. The van der Waals surface area contributed by atoms with Crippen molar-refractivity contribution in [3.8, 4) is 67.5 Å². The molecule has 0 saturated heterocycles. The highest BCUT2D eigenvalue weighted by atomic mass is 32.1. The van der Waals surface area contributed by atoms with Gasteiger partial charge in [0.25, 0.3) is 0 Å². The maximum absolute atomic E-state index is 9.30. The predicted octanol–water partition coefficient (Wildman–Crippen LogP) is 12.2. The van der Waals surface area contributed by atoms with Crippen LogP contribution in [0.3, 0.4) is 0 Å². The Morgan fingerprint density at radius 2 is 0.980 bits per heavy atom. The van der Waals surface area contributed by atoms with E-state index in [0.29, 0.717) is 11.1 Å². The van der Waals surface area contributed by atoms with E-state index in [1.54, 1.807) is 0 Å². The fourth-order valence-electron chi connectivity index (χ4n) is 5.86. The van der Waals surface area contributed by atoms with Gasteiger partial charge in [-0.15, -0.1) is 11.3 Å². The van der Waals surface area contributed by atoms with Gasteiger partial charge >= 0.3 is 0 Å². The predicted molar refractivity (Wildman–Crippen MR) is 205 cm³/mol. The van der Waals surface area contributed by atoms with Crippen molar-refractivity contribution < 1.29 is 15.1 Å². The van der Waals surface area contributed by atoms with Gasteiger partial charge in [0.15, 0.2) is 17.5 Å². The number of rotatable bonds is 6. The van der Waals surface area contributed by atoms with E-state index in [1.165, 1.54) is 0 Å². The van der Waals surface area contributed by atoms with Gasteiger partial charge < -0.3 is 0 Å². The molecule has 0 aliphatic heterocycles. The van der Waals surface area contributed by atoms with Gasteiger partial charge in [-0.2, -0.15) is 0 Å². The lowest BCUT2D eigenvalue weighted by Gasteiger charge is -2.11. The number of aromatic nitrogens is 3. The van der Waals surface area contributed by atoms with Crippen LogP contribution in [0.2, 0.25) is 0 Å². The summed E-state index contributed by atoms with van der Waals surface area (Å²) in [5.74, 6) is 0.520. The van der Waals surface area contributed by atoms with Gasteiger partial charge in [-0.25, -0.2) is 15.0 Å². The van der Waals surface area contributed by atoms with E-state index in [2.05, 4.69) is 0 Å². The Bertz CT molecular complexity index is 3180. The SMILES string of the molecule is [2H]c1c([2H])c([2H])c(-c2c([2H])c([2H])c([2H])c3sc4c(-c5nc(-c6ccc(-c7ccccc7)cc6)nc(-c6cccc(-c7ccccc7)c6)n5)c([2H])c([2H])c([2H])c4c23)c([2H])c1[2H]. The standard InChI is InChI=1S/C45H29N3S/c1-4-13-30(14-5-1)32-25-27-34(28-26-32)43-46-44(36-20-10-19-35(29-36)31-15-6-2-7-16-31)48-45(47-43)39-23-11-22-38-41-37(33-17-8-3-9-18-33)21-12-24-40(41)49-42(38)39/h1-29H/i3D,8D,9D,11D,12D,17D,18D,21D,22D,23D,24D. The molecule has 9 aromatic rings. The lowest BCUT2D eigenvalue weighted by atomic mass is 9.99. The average molecular weight is 655 g/mol. The van der Waals surface area contributed by atoms with Crippen LogP contribution in [0.5, 0.6) is 0 Å². The van der Waals surface area contributed by atoms with Crippen molar-refractivity contribution in [2.75, 3.05) is 0 Å². The van der Waals surface area contributed by atoms with Gasteiger partial charge in [0.2, 0.25) is 0 Å². The Morgan fingerprint density at radius 3 is 1.73 bits per heavy atom. The van der Waals surface area contributed by atoms with Crippen molar-refractivity contribution in [3.05, 3.63) is 176 Å². The highest BCUT2D eigenvalue weighted by molar-refractivity contribution is 7.26. The molecule has 2 aromatic heterocycles. The molecule has 0 saturated carbocycles. The molecular weight excluding hydrogens is 615 g/mol. The molecule has 0 unspecified atom stereocenters. The Labute approximate surface area is 304 Å². The molecule has 0 aliphatic rings. The second-order valence-electron chi connectivity index (χ2n) is 11.2. The Balaban J connectivity index is 1.35. The zero-order chi connectivity index (χ0) is 42.1. The molecule has 0 bridgehead atoms. The van der Waals surface area contributed by atoms with Crippen LogP contribution in [0.15, 0.2) is 176 Å². The Kier molecular flexibility index (Phi) is 4.96. The fraction of sp³-hybridized carbons (Fsp3) is 0. The van der Waals surface area contributed by atoms with Crippen LogP contribution in [-0.4, -0.2) is 15.0 Å². The van der Waals surface area contributed by atoms with Crippen molar-refractivity contribution in [2.24, 2.45) is 0 Å². The molecular formula is C45H29N3S. The first kappa shape index (κ1) is 19.6. The first-order valence-corrected chi connectivity index (χ1v) is 16.3. The molecule has 0 amide bonds. The summed E-state index contributed by atoms with van der Waals surface area (Å²) < 4.78 is 97.1. The first-order chi connectivity index (χ1) is 28.8. The second-order valence-corrected chi connectivity index (χ2v) is 12.2. The third-order valence-electron chi connectivity index (χ3n) is 8.21. The van der Waals surface area contributed by atoms with E-state index in [-0.39, 0.29) is 66.4 Å². The van der Waals surface area contributed by atoms with Crippen molar-refractivity contribution in [2.45, 2.75) is 0 Å². The maximum Gasteiger partial charge on any atom is 0.165 e. The molecule has 49 heavy (non-hydrogen) atoms. The third kappa shape index (κ3) is 5.48. The van der Waals surface area contributed by atoms with Gasteiger partial charge in [0.1, 0.15) is 0 Å². The summed E-state index contributed by atoms with van der Waals surface area (Å²) in [6, 6.07) is 29.0. The summed E-state index contributed by atoms with van der Waals surface area (Å²) in [5, 5.41) is 0.0115. The minimum Gasteiger partial charge on any atom is -0.208 e. The number of fused-ring (bicyclic) bond motifs is 3. The van der Waals surface area contributed by atoms with E-state index in [0.717, 1.165) is 33.6 Å². The van der Waals surface area contributed by atoms with Crippen molar-refractivity contribution in [1.82, 2.24) is 15.0 Å². The van der Waals surface area contributed by atoms with E-state index in [9.17, 15) is 2.74 Å². The Morgan fingerprint density at radius 1 is 0.408 bits per heavy atom. The normalized spacial score (nSPS) is 14.4. The highest BCUT2D eigenvalue weighted by Crippen LogP contribution is 2.43. The van der Waals surface area contributed by atoms with E-state index < -0.39 is 54.4 Å². The average Bonchev–Trinajstić information content (AvgIpc) is 3.68. The molecule has 0 spiro atoms. The van der Waals surface area contributed by atoms with Gasteiger partial charge in [0.05, 0.1) is 15.1 Å². The van der Waals surface area contributed by atoms with Gasteiger partial charge in [-0.3, -0.25) is 0 Å². The summed E-state index contributed by atoms with van der Waals surface area (Å²) in [7, 11) is 0. The first-order valence-electron chi connectivity index (χ1n) is 21.0. The molecule has 4 heteroatoms. The van der Waals surface area contributed by atoms with Crippen molar-refractivity contribution >= 4 is 31.5 Å². The van der Waals surface area contributed by atoms with Crippen LogP contribution in [-0.2, 0) is 0 Å². The molecule has 9 rings (SSSR count). The third-order valence-corrected chi connectivity index (χ3v) is 9.33. The summed E-state index contributed by atoms with van der Waals surface area (Å²) in [6.45, 7) is 0. The van der Waals surface area contributed by atoms with Crippen molar-refractivity contribution in [3.63, 3.8) is 0 Å². The smallest absolute Gasteiger partial charge is 0.165 e. The summed E-state index contributed by atoms with van der Waals surface area (Å²) in [6.07, 6.45) is 0. The van der Waals surface area contributed by atoms with E-state index >= 15 is 0 Å². The van der Waals surface area contributed by atoms with Gasteiger partial charge in [-0.1, -0.05) is 158 Å². The summed E-state index contributed by atoms with van der Waals surface area (Å²) >= 11 is 0.937. The summed E-state index contributed by atoms with van der Waals surface area (Å²) in [4.78, 5) is 14.7. The number of hydrogen-bond donors (Lipinski definition) is 0. The Hall–Kier alpha value is -6.23. The lowest BCUT2D eigenvalue weighted by Crippen LogP contribution is -2.00. The topological polar surface area (TPSA) is 38.7 Å². The van der Waals surface area contributed by atoms with Crippen LogP contribution >= 0.6 is 11.3 Å². The van der Waals surface area contributed by atoms with E-state index in [1.807, 2.05) is 109 Å². The van der Waals surface area contributed by atoms with Crippen LogP contribution in [0.4, 0.5) is 0 Å². The minimum absolute atomic E-state index is 0.000784. The van der Waals surface area contributed by atoms with Crippen LogP contribution in [0.25, 0.3) is 87.7 Å². The number of hydrogen-bond acceptors (Lipinski definition) is 4. The van der Waals surface area contributed by atoms with Gasteiger partial charge in [-0.05, 0) is 51.5 Å². The number of benzene rings is 7. The second kappa shape index (κ2) is 12.4. The number of thiophene rings is 1. The quantitative estimate of drug-likeness (QED) is 0.179. The lowest BCUT2D eigenvalue weighted by molar-refractivity contribution is 1.08. The molecule has 0 aliphatic carbocycles. The summed E-state index contributed by atoms with van der Waals surface area (Å²) in [5.41, 5.74) is 4.58. The zero-order valence-electron chi connectivity index (χ0n) is 36.6. The molecule has 0 radical (unpaired) electrons. The van der Waals surface area contributed by atoms with Crippen LogP contribution in [0.1, 0.15) is 15.1 Å². The molecule has 3 nitrogen and oxygen atoms in total. The maximum atomic E-state index is 9.30. The molecule has 0 atom stereocenters. The molecule has 230 valence electrons. The molecule has 0 fully saturated rings. The number of nitrogens with zero attached hydrogens (tertiary/aromatic N) is 3. The van der Waals surface area contributed by atoms with Crippen LogP contribution in [0, 0.1) is 0 Å². The van der Waals surface area contributed by atoms with E-state index in [4.69, 9.17) is 27.3 Å². The molecule has 2 heterocycles. The van der Waals surface area contributed by atoms with Crippen molar-refractivity contribution in [1.29, 1.82) is 0 Å².